The van der Waals surface area contributed by atoms with Gasteiger partial charge in [0.15, 0.2) is 0 Å². The summed E-state index contributed by atoms with van der Waals surface area (Å²) >= 11 is 0. The summed E-state index contributed by atoms with van der Waals surface area (Å²) in [7, 11) is 0. The second-order valence-electron chi connectivity index (χ2n) is 4.36. The molecule has 3 unspecified atom stereocenters. The van der Waals surface area contributed by atoms with Crippen LogP contribution in [0.15, 0.2) is 0 Å². The van der Waals surface area contributed by atoms with Crippen LogP contribution < -0.4 is 0 Å². The first-order chi connectivity index (χ1) is 5.05. The zero-order chi connectivity index (χ0) is 8.65. The highest BCUT2D eigenvalue weighted by Gasteiger charge is 2.58. The minimum atomic E-state index is 0.259. The summed E-state index contributed by atoms with van der Waals surface area (Å²) < 4.78 is 0. The molecule has 0 N–H and O–H groups in total. The van der Waals surface area contributed by atoms with Crippen molar-refractivity contribution in [1.82, 2.24) is 0 Å². The van der Waals surface area contributed by atoms with E-state index in [1.165, 1.54) is 6.42 Å². The molecule has 0 bridgehead atoms. The van der Waals surface area contributed by atoms with Gasteiger partial charge in [-0.3, -0.25) is 0 Å². The third-order valence-corrected chi connectivity index (χ3v) is 3.36. The maximum Gasteiger partial charge on any atom is 0.123 e. The van der Waals surface area contributed by atoms with E-state index in [4.69, 9.17) is 0 Å². The van der Waals surface area contributed by atoms with Gasteiger partial charge < -0.3 is 4.79 Å². The minimum absolute atomic E-state index is 0.259. The van der Waals surface area contributed by atoms with Crippen molar-refractivity contribution >= 4 is 6.29 Å². The lowest BCUT2D eigenvalue weighted by Gasteiger charge is -2.03. The first-order valence-corrected chi connectivity index (χ1v) is 4.51. The Morgan fingerprint density at radius 3 is 2.36 bits per heavy atom. The van der Waals surface area contributed by atoms with Gasteiger partial charge in [-0.2, -0.15) is 0 Å². The normalized spacial score (nSPS) is 36.4. The smallest absolute Gasteiger partial charge is 0.123 e. The highest BCUT2D eigenvalue weighted by molar-refractivity contribution is 5.55. The molecule has 0 spiro atoms. The lowest BCUT2D eigenvalue weighted by molar-refractivity contribution is -0.111. The molecule has 1 fully saturated rings. The SMILES string of the molecule is CCC1C(C(C)C=O)C1(C)C. The molecule has 0 aliphatic heterocycles. The Labute approximate surface area is 69.2 Å². The Hall–Kier alpha value is -0.330. The molecule has 0 amide bonds. The van der Waals surface area contributed by atoms with E-state index in [0.29, 0.717) is 11.3 Å². The van der Waals surface area contributed by atoms with Gasteiger partial charge in [0.25, 0.3) is 0 Å². The van der Waals surface area contributed by atoms with E-state index in [9.17, 15) is 4.79 Å². The van der Waals surface area contributed by atoms with Gasteiger partial charge in [0.2, 0.25) is 0 Å². The quantitative estimate of drug-likeness (QED) is 0.571. The average molecular weight is 154 g/mol. The van der Waals surface area contributed by atoms with Crippen molar-refractivity contribution in [3.05, 3.63) is 0 Å². The highest BCUT2D eigenvalue weighted by atomic mass is 16.1. The van der Waals surface area contributed by atoms with Crippen molar-refractivity contribution in [2.24, 2.45) is 23.2 Å². The van der Waals surface area contributed by atoms with Crippen LogP contribution in [0.1, 0.15) is 34.1 Å². The number of carbonyl (C=O) groups excluding carboxylic acids is 1. The fourth-order valence-electron chi connectivity index (χ4n) is 2.70. The molecule has 1 saturated carbocycles. The zero-order valence-electron chi connectivity index (χ0n) is 7.92. The van der Waals surface area contributed by atoms with Gasteiger partial charge in [0, 0.05) is 5.92 Å². The summed E-state index contributed by atoms with van der Waals surface area (Å²) in [6.07, 6.45) is 2.32. The summed E-state index contributed by atoms with van der Waals surface area (Å²) in [6, 6.07) is 0. The van der Waals surface area contributed by atoms with E-state index in [-0.39, 0.29) is 5.92 Å². The first kappa shape index (κ1) is 8.76. The van der Waals surface area contributed by atoms with Crippen LogP contribution in [-0.4, -0.2) is 6.29 Å². The molecule has 3 atom stereocenters. The van der Waals surface area contributed by atoms with E-state index >= 15 is 0 Å². The van der Waals surface area contributed by atoms with Gasteiger partial charge in [-0.25, -0.2) is 0 Å². The molecular formula is C10H18O. The van der Waals surface area contributed by atoms with Crippen LogP contribution in [0.2, 0.25) is 0 Å². The molecule has 0 saturated heterocycles. The largest absolute Gasteiger partial charge is 0.303 e. The third-order valence-electron chi connectivity index (χ3n) is 3.36. The van der Waals surface area contributed by atoms with E-state index in [2.05, 4.69) is 20.8 Å². The molecule has 0 heterocycles. The van der Waals surface area contributed by atoms with Crippen molar-refractivity contribution in [3.8, 4) is 0 Å². The Kier molecular flexibility index (Phi) is 2.08. The van der Waals surface area contributed by atoms with E-state index in [1.807, 2.05) is 6.92 Å². The van der Waals surface area contributed by atoms with Crippen molar-refractivity contribution in [1.29, 1.82) is 0 Å². The Balaban J connectivity index is 2.58. The fourth-order valence-corrected chi connectivity index (χ4v) is 2.70. The number of hydrogen-bond donors (Lipinski definition) is 0. The predicted octanol–water partition coefficient (Wildman–Crippen LogP) is 2.50. The number of rotatable bonds is 3. The van der Waals surface area contributed by atoms with Crippen LogP contribution in [-0.2, 0) is 4.79 Å². The van der Waals surface area contributed by atoms with Crippen LogP contribution >= 0.6 is 0 Å². The summed E-state index contributed by atoms with van der Waals surface area (Å²) in [5.41, 5.74) is 0.426. The van der Waals surface area contributed by atoms with Gasteiger partial charge >= 0.3 is 0 Å². The Bertz CT molecular complexity index is 160. The lowest BCUT2D eigenvalue weighted by Crippen LogP contribution is -2.03. The van der Waals surface area contributed by atoms with Gasteiger partial charge in [0.05, 0.1) is 0 Å². The molecule has 1 rings (SSSR count). The molecular weight excluding hydrogens is 136 g/mol. The van der Waals surface area contributed by atoms with E-state index < -0.39 is 0 Å². The monoisotopic (exact) mass is 154 g/mol. The van der Waals surface area contributed by atoms with Crippen molar-refractivity contribution < 1.29 is 4.79 Å². The Morgan fingerprint density at radius 2 is 2.09 bits per heavy atom. The third kappa shape index (κ3) is 1.21. The number of aldehydes is 1. The van der Waals surface area contributed by atoms with Crippen molar-refractivity contribution in [2.45, 2.75) is 34.1 Å². The van der Waals surface area contributed by atoms with Crippen molar-refractivity contribution in [2.75, 3.05) is 0 Å². The predicted molar refractivity (Wildman–Crippen MR) is 46.3 cm³/mol. The van der Waals surface area contributed by atoms with Gasteiger partial charge in [0.1, 0.15) is 6.29 Å². The average Bonchev–Trinajstić information content (AvgIpc) is 2.51. The first-order valence-electron chi connectivity index (χ1n) is 4.51. The zero-order valence-corrected chi connectivity index (χ0v) is 7.92. The van der Waals surface area contributed by atoms with Crippen LogP contribution in [0.25, 0.3) is 0 Å². The summed E-state index contributed by atoms with van der Waals surface area (Å²) in [4.78, 5) is 10.5. The molecule has 1 aliphatic carbocycles. The minimum Gasteiger partial charge on any atom is -0.303 e. The maximum atomic E-state index is 10.5. The van der Waals surface area contributed by atoms with Gasteiger partial charge in [-0.05, 0) is 17.3 Å². The second-order valence-corrected chi connectivity index (χ2v) is 4.36. The van der Waals surface area contributed by atoms with Gasteiger partial charge in [-0.15, -0.1) is 0 Å². The topological polar surface area (TPSA) is 17.1 Å². The van der Waals surface area contributed by atoms with E-state index in [0.717, 1.165) is 12.2 Å². The van der Waals surface area contributed by atoms with Crippen LogP contribution in [0.5, 0.6) is 0 Å². The van der Waals surface area contributed by atoms with Gasteiger partial charge in [-0.1, -0.05) is 34.1 Å². The highest BCUT2D eigenvalue weighted by Crippen LogP contribution is 2.62. The molecule has 11 heavy (non-hydrogen) atoms. The molecule has 0 aromatic heterocycles. The van der Waals surface area contributed by atoms with Crippen molar-refractivity contribution in [3.63, 3.8) is 0 Å². The molecule has 64 valence electrons. The lowest BCUT2D eigenvalue weighted by atomic mass is 10.0. The Morgan fingerprint density at radius 1 is 1.55 bits per heavy atom. The standard InChI is InChI=1S/C10H18O/c1-5-8-9(7(2)6-11)10(8,3)4/h6-9H,5H2,1-4H3. The summed E-state index contributed by atoms with van der Waals surface area (Å²) in [6.45, 7) is 8.79. The maximum absolute atomic E-state index is 10.5. The van der Waals surface area contributed by atoms with Crippen LogP contribution in [0, 0.1) is 23.2 Å². The molecule has 1 heteroatoms. The molecule has 0 radical (unpaired) electrons. The van der Waals surface area contributed by atoms with E-state index in [1.54, 1.807) is 0 Å². The molecule has 0 aromatic carbocycles. The summed E-state index contributed by atoms with van der Waals surface area (Å²) in [5, 5.41) is 0. The molecule has 1 aliphatic rings. The molecule has 1 nitrogen and oxygen atoms in total. The van der Waals surface area contributed by atoms with Crippen LogP contribution in [0.4, 0.5) is 0 Å². The molecule has 0 aromatic rings. The number of carbonyl (C=O) groups is 1. The number of hydrogen-bond acceptors (Lipinski definition) is 1. The fraction of sp³-hybridized carbons (Fsp3) is 0.900. The summed E-state index contributed by atoms with van der Waals surface area (Å²) in [5.74, 6) is 1.68. The van der Waals surface area contributed by atoms with Crippen LogP contribution in [0.3, 0.4) is 0 Å². The second kappa shape index (κ2) is 2.62.